The first-order valence-electron chi connectivity index (χ1n) is 3.92. The van der Waals surface area contributed by atoms with E-state index in [9.17, 15) is 0 Å². The summed E-state index contributed by atoms with van der Waals surface area (Å²) in [5.41, 5.74) is 0. The quantitative estimate of drug-likeness (QED) is 0.619. The first-order chi connectivity index (χ1) is 5.75. The van der Waals surface area contributed by atoms with Gasteiger partial charge in [0.25, 0.3) is 0 Å². The maximum Gasteiger partial charge on any atom is 0.146 e. The Morgan fingerprint density at radius 2 is 2.33 bits per heavy atom. The SMILES string of the molecule is Clc1nc(CC2CC2)ncc1I. The fourth-order valence-electron chi connectivity index (χ4n) is 1.06. The van der Waals surface area contributed by atoms with Gasteiger partial charge in [0.15, 0.2) is 0 Å². The van der Waals surface area contributed by atoms with Gasteiger partial charge in [0.05, 0.1) is 3.57 Å². The summed E-state index contributed by atoms with van der Waals surface area (Å²) in [7, 11) is 0. The lowest BCUT2D eigenvalue weighted by molar-refractivity contribution is 0.768. The summed E-state index contributed by atoms with van der Waals surface area (Å²) in [5.74, 6) is 1.71. The second-order valence-corrected chi connectivity index (χ2v) is 4.59. The fourth-order valence-corrected chi connectivity index (χ4v) is 1.46. The molecule has 1 heterocycles. The van der Waals surface area contributed by atoms with Crippen molar-refractivity contribution in [1.82, 2.24) is 9.97 Å². The highest BCUT2D eigenvalue weighted by Gasteiger charge is 2.22. The van der Waals surface area contributed by atoms with Gasteiger partial charge in [0.1, 0.15) is 11.0 Å². The van der Waals surface area contributed by atoms with Crippen molar-refractivity contribution in [3.05, 3.63) is 20.7 Å². The number of halogens is 2. The molecule has 2 rings (SSSR count). The Morgan fingerprint density at radius 3 is 2.92 bits per heavy atom. The summed E-state index contributed by atoms with van der Waals surface area (Å²) in [6.07, 6.45) is 5.43. The number of aromatic nitrogens is 2. The maximum atomic E-state index is 5.86. The van der Waals surface area contributed by atoms with Gasteiger partial charge in [0.2, 0.25) is 0 Å². The molecule has 1 aliphatic carbocycles. The minimum atomic E-state index is 0.584. The van der Waals surface area contributed by atoms with E-state index in [1.807, 2.05) is 0 Å². The lowest BCUT2D eigenvalue weighted by atomic mass is 10.3. The molecule has 1 aliphatic rings. The summed E-state index contributed by atoms with van der Waals surface area (Å²) >= 11 is 7.99. The van der Waals surface area contributed by atoms with Crippen LogP contribution in [0.15, 0.2) is 6.20 Å². The lowest BCUT2D eigenvalue weighted by Crippen LogP contribution is -1.97. The number of nitrogens with zero attached hydrogens (tertiary/aromatic N) is 2. The fraction of sp³-hybridized carbons (Fsp3) is 0.500. The van der Waals surface area contributed by atoms with E-state index in [0.29, 0.717) is 5.15 Å². The van der Waals surface area contributed by atoms with Crippen LogP contribution in [0.5, 0.6) is 0 Å². The molecular weight excluding hydrogens is 286 g/mol. The smallest absolute Gasteiger partial charge is 0.146 e. The predicted molar refractivity (Wildman–Crippen MR) is 56.2 cm³/mol. The van der Waals surface area contributed by atoms with Crippen molar-refractivity contribution >= 4 is 34.2 Å². The van der Waals surface area contributed by atoms with Gasteiger partial charge >= 0.3 is 0 Å². The Morgan fingerprint density at radius 1 is 1.58 bits per heavy atom. The van der Waals surface area contributed by atoms with Gasteiger partial charge in [-0.3, -0.25) is 0 Å². The molecule has 1 aromatic heterocycles. The third-order valence-corrected chi connectivity index (χ3v) is 3.32. The van der Waals surface area contributed by atoms with Crippen LogP contribution in [-0.4, -0.2) is 9.97 Å². The summed E-state index contributed by atoms with van der Waals surface area (Å²) in [4.78, 5) is 8.42. The van der Waals surface area contributed by atoms with E-state index < -0.39 is 0 Å². The predicted octanol–water partition coefficient (Wildman–Crippen LogP) is 2.69. The zero-order chi connectivity index (χ0) is 8.55. The molecule has 4 heteroatoms. The van der Waals surface area contributed by atoms with E-state index >= 15 is 0 Å². The van der Waals surface area contributed by atoms with Crippen molar-refractivity contribution < 1.29 is 0 Å². The van der Waals surface area contributed by atoms with Gasteiger partial charge in [-0.1, -0.05) is 11.6 Å². The molecule has 0 unspecified atom stereocenters. The van der Waals surface area contributed by atoms with Gasteiger partial charge in [-0.25, -0.2) is 9.97 Å². The Bertz CT molecular complexity index is 299. The Kier molecular flexibility index (Phi) is 2.50. The molecule has 0 spiro atoms. The van der Waals surface area contributed by atoms with Gasteiger partial charge in [-0.15, -0.1) is 0 Å². The van der Waals surface area contributed by atoms with Gasteiger partial charge in [0, 0.05) is 12.6 Å². The molecule has 1 fully saturated rings. The van der Waals surface area contributed by atoms with Gasteiger partial charge < -0.3 is 0 Å². The van der Waals surface area contributed by atoms with Crippen LogP contribution in [-0.2, 0) is 6.42 Å². The van der Waals surface area contributed by atoms with E-state index in [1.165, 1.54) is 12.8 Å². The van der Waals surface area contributed by atoms with Crippen molar-refractivity contribution in [3.8, 4) is 0 Å². The molecule has 64 valence electrons. The average Bonchev–Trinajstić information content (AvgIpc) is 2.81. The van der Waals surface area contributed by atoms with Crippen molar-refractivity contribution in [2.45, 2.75) is 19.3 Å². The second-order valence-electron chi connectivity index (χ2n) is 3.07. The molecule has 0 bridgehead atoms. The normalized spacial score (nSPS) is 16.5. The third-order valence-electron chi connectivity index (χ3n) is 1.92. The lowest BCUT2D eigenvalue weighted by Gasteiger charge is -1.98. The summed E-state index contributed by atoms with van der Waals surface area (Å²) in [6.45, 7) is 0. The maximum absolute atomic E-state index is 5.86. The molecular formula is C8H8ClIN2. The molecule has 2 nitrogen and oxygen atoms in total. The monoisotopic (exact) mass is 294 g/mol. The minimum Gasteiger partial charge on any atom is -0.240 e. The van der Waals surface area contributed by atoms with Gasteiger partial charge in [-0.2, -0.15) is 0 Å². The van der Waals surface area contributed by atoms with Crippen molar-refractivity contribution in [1.29, 1.82) is 0 Å². The standard InChI is InChI=1S/C8H8ClIN2/c9-8-6(10)4-11-7(12-8)3-5-1-2-5/h4-5H,1-3H2. The Balaban J connectivity index is 2.15. The molecule has 0 aromatic carbocycles. The first-order valence-corrected chi connectivity index (χ1v) is 5.38. The van der Waals surface area contributed by atoms with Crippen molar-refractivity contribution in [3.63, 3.8) is 0 Å². The van der Waals surface area contributed by atoms with Crippen LogP contribution in [0.2, 0.25) is 5.15 Å². The van der Waals surface area contributed by atoms with E-state index in [1.54, 1.807) is 6.20 Å². The van der Waals surface area contributed by atoms with Crippen molar-refractivity contribution in [2.75, 3.05) is 0 Å². The number of rotatable bonds is 2. The van der Waals surface area contributed by atoms with Gasteiger partial charge in [-0.05, 0) is 41.4 Å². The van der Waals surface area contributed by atoms with Crippen molar-refractivity contribution in [2.24, 2.45) is 5.92 Å². The molecule has 0 saturated heterocycles. The van der Waals surface area contributed by atoms with E-state index in [4.69, 9.17) is 11.6 Å². The molecule has 0 radical (unpaired) electrons. The zero-order valence-corrected chi connectivity index (χ0v) is 9.34. The highest BCUT2D eigenvalue weighted by atomic mass is 127. The zero-order valence-electron chi connectivity index (χ0n) is 6.43. The number of hydrogen-bond acceptors (Lipinski definition) is 2. The summed E-state index contributed by atoms with van der Waals surface area (Å²) in [6, 6.07) is 0. The molecule has 0 amide bonds. The summed E-state index contributed by atoms with van der Waals surface area (Å²) in [5, 5.41) is 0.584. The third kappa shape index (κ3) is 2.07. The van der Waals surface area contributed by atoms with Crippen LogP contribution in [0.25, 0.3) is 0 Å². The Labute approximate surface area is 89.9 Å². The van der Waals surface area contributed by atoms with Crippen LogP contribution < -0.4 is 0 Å². The molecule has 0 N–H and O–H groups in total. The molecule has 0 aliphatic heterocycles. The highest BCUT2D eigenvalue weighted by Crippen LogP contribution is 2.31. The van der Waals surface area contributed by atoms with Crippen LogP contribution >= 0.6 is 34.2 Å². The molecule has 12 heavy (non-hydrogen) atoms. The topological polar surface area (TPSA) is 25.8 Å². The first kappa shape index (κ1) is 8.69. The molecule has 1 saturated carbocycles. The van der Waals surface area contributed by atoms with Crippen LogP contribution in [0, 0.1) is 9.49 Å². The largest absolute Gasteiger partial charge is 0.240 e. The van der Waals surface area contributed by atoms with E-state index in [2.05, 4.69) is 32.6 Å². The average molecular weight is 295 g/mol. The van der Waals surface area contributed by atoms with E-state index in [0.717, 1.165) is 21.7 Å². The van der Waals surface area contributed by atoms with Crippen LogP contribution in [0.1, 0.15) is 18.7 Å². The van der Waals surface area contributed by atoms with Crippen LogP contribution in [0.3, 0.4) is 0 Å². The van der Waals surface area contributed by atoms with Crippen LogP contribution in [0.4, 0.5) is 0 Å². The highest BCUT2D eigenvalue weighted by molar-refractivity contribution is 14.1. The molecule has 0 atom stereocenters. The summed E-state index contributed by atoms with van der Waals surface area (Å²) < 4.78 is 0.925. The second kappa shape index (κ2) is 3.46. The van der Waals surface area contributed by atoms with E-state index in [-0.39, 0.29) is 0 Å². The minimum absolute atomic E-state index is 0.584. The number of hydrogen-bond donors (Lipinski definition) is 0. The molecule has 1 aromatic rings. The Hall–Kier alpha value is 0.100.